The molecule has 0 aliphatic carbocycles. The second-order valence-electron chi connectivity index (χ2n) is 3.63. The summed E-state index contributed by atoms with van der Waals surface area (Å²) < 4.78 is 0. The summed E-state index contributed by atoms with van der Waals surface area (Å²) in [5.74, 6) is 0. The van der Waals surface area contributed by atoms with Gasteiger partial charge >= 0.3 is 0 Å². The molecule has 4 heteroatoms. The Morgan fingerprint density at radius 3 is 3.21 bits per heavy atom. The number of thiazole rings is 1. The summed E-state index contributed by atoms with van der Waals surface area (Å²) >= 11 is 1.59. The van der Waals surface area contributed by atoms with Gasteiger partial charge in [-0.1, -0.05) is 6.42 Å². The van der Waals surface area contributed by atoms with Gasteiger partial charge in [0.2, 0.25) is 0 Å². The molecule has 2 rings (SSSR count). The Morgan fingerprint density at radius 2 is 2.57 bits per heavy atom. The summed E-state index contributed by atoms with van der Waals surface area (Å²) in [6, 6.07) is 0.564. The van der Waals surface area contributed by atoms with Gasteiger partial charge in [-0.15, -0.1) is 11.3 Å². The molecule has 1 unspecified atom stereocenters. The maximum absolute atomic E-state index is 10.4. The number of nitrogens with zero attached hydrogens (tertiary/aromatic N) is 1. The van der Waals surface area contributed by atoms with E-state index < -0.39 is 0 Å². The van der Waals surface area contributed by atoms with E-state index in [-0.39, 0.29) is 0 Å². The van der Waals surface area contributed by atoms with E-state index in [2.05, 4.69) is 10.3 Å². The van der Waals surface area contributed by atoms with Gasteiger partial charge in [0, 0.05) is 17.8 Å². The van der Waals surface area contributed by atoms with Gasteiger partial charge in [0.1, 0.15) is 5.69 Å². The lowest BCUT2D eigenvalue weighted by Gasteiger charge is -2.22. The molecule has 0 spiro atoms. The fraction of sp³-hybridized carbons (Fsp3) is 0.600. The van der Waals surface area contributed by atoms with Crippen LogP contribution in [0.1, 0.15) is 34.8 Å². The van der Waals surface area contributed by atoms with Crippen molar-refractivity contribution in [2.24, 2.45) is 0 Å². The van der Waals surface area contributed by atoms with Crippen LogP contribution in [0.5, 0.6) is 0 Å². The standard InChI is InChI=1S/C10H14N2OS/c13-6-9-7-14-10(12-9)5-8-3-1-2-4-11-8/h6-8,11H,1-5H2. The maximum Gasteiger partial charge on any atom is 0.169 e. The highest BCUT2D eigenvalue weighted by molar-refractivity contribution is 7.09. The molecule has 1 fully saturated rings. The molecule has 1 aliphatic rings. The number of hydrogen-bond acceptors (Lipinski definition) is 4. The van der Waals surface area contributed by atoms with E-state index >= 15 is 0 Å². The summed E-state index contributed by atoms with van der Waals surface area (Å²) in [5.41, 5.74) is 0.570. The quantitative estimate of drug-likeness (QED) is 0.771. The minimum Gasteiger partial charge on any atom is -0.314 e. The van der Waals surface area contributed by atoms with Crippen molar-refractivity contribution in [2.45, 2.75) is 31.7 Å². The number of rotatable bonds is 3. The molecule has 0 amide bonds. The fourth-order valence-electron chi connectivity index (χ4n) is 1.78. The van der Waals surface area contributed by atoms with Crippen molar-refractivity contribution in [3.05, 3.63) is 16.1 Å². The highest BCUT2D eigenvalue weighted by Gasteiger charge is 2.14. The first-order chi connectivity index (χ1) is 6.88. The molecule has 0 radical (unpaired) electrons. The van der Waals surface area contributed by atoms with E-state index in [9.17, 15) is 4.79 Å². The second-order valence-corrected chi connectivity index (χ2v) is 4.58. The number of carbonyl (C=O) groups excluding carboxylic acids is 1. The molecule has 3 nitrogen and oxygen atoms in total. The number of aromatic nitrogens is 1. The van der Waals surface area contributed by atoms with Crippen LogP contribution in [0.15, 0.2) is 5.38 Å². The summed E-state index contributed by atoms with van der Waals surface area (Å²) in [6.07, 6.45) is 5.61. The van der Waals surface area contributed by atoms with Crippen molar-refractivity contribution in [1.82, 2.24) is 10.3 Å². The Hall–Kier alpha value is -0.740. The Labute approximate surface area is 87.6 Å². The van der Waals surface area contributed by atoms with Crippen LogP contribution in [0.3, 0.4) is 0 Å². The predicted molar refractivity (Wildman–Crippen MR) is 56.8 cm³/mol. The van der Waals surface area contributed by atoms with Crippen LogP contribution in [0.25, 0.3) is 0 Å². The second kappa shape index (κ2) is 4.66. The lowest BCUT2D eigenvalue weighted by Crippen LogP contribution is -2.35. The smallest absolute Gasteiger partial charge is 0.169 e. The Morgan fingerprint density at radius 1 is 1.64 bits per heavy atom. The molecule has 76 valence electrons. The number of nitrogens with one attached hydrogen (secondary N) is 1. The van der Waals surface area contributed by atoms with Crippen LogP contribution >= 0.6 is 11.3 Å². The minimum absolute atomic E-state index is 0.564. The van der Waals surface area contributed by atoms with E-state index in [1.807, 2.05) is 5.38 Å². The van der Waals surface area contributed by atoms with Crippen LogP contribution in [0.4, 0.5) is 0 Å². The summed E-state index contributed by atoms with van der Waals surface area (Å²) in [7, 11) is 0. The van der Waals surface area contributed by atoms with Crippen molar-refractivity contribution in [3.63, 3.8) is 0 Å². The molecule has 1 aromatic heterocycles. The van der Waals surface area contributed by atoms with Gasteiger partial charge < -0.3 is 5.32 Å². The highest BCUT2D eigenvalue weighted by atomic mass is 32.1. The Kier molecular flexibility index (Phi) is 3.26. The third kappa shape index (κ3) is 2.39. The zero-order valence-electron chi connectivity index (χ0n) is 8.03. The molecular formula is C10H14N2OS. The summed E-state index contributed by atoms with van der Waals surface area (Å²) in [6.45, 7) is 1.12. The van der Waals surface area contributed by atoms with E-state index in [1.54, 1.807) is 11.3 Å². The summed E-state index contributed by atoms with van der Waals surface area (Å²) in [4.78, 5) is 14.7. The number of carbonyl (C=O) groups is 1. The van der Waals surface area contributed by atoms with Crippen molar-refractivity contribution >= 4 is 17.6 Å². The molecule has 1 atom stereocenters. The average Bonchev–Trinajstić information content (AvgIpc) is 2.67. The van der Waals surface area contributed by atoms with Crippen LogP contribution in [0.2, 0.25) is 0 Å². The Bertz CT molecular complexity index is 305. The van der Waals surface area contributed by atoms with Gasteiger partial charge in [0.15, 0.2) is 6.29 Å². The molecule has 1 N–H and O–H groups in total. The fourth-order valence-corrected chi connectivity index (χ4v) is 2.60. The van der Waals surface area contributed by atoms with Gasteiger partial charge in [-0.05, 0) is 19.4 Å². The van der Waals surface area contributed by atoms with Crippen molar-refractivity contribution in [1.29, 1.82) is 0 Å². The number of aldehydes is 1. The SMILES string of the molecule is O=Cc1csc(CC2CCCCN2)n1. The highest BCUT2D eigenvalue weighted by Crippen LogP contribution is 2.15. The molecule has 1 saturated heterocycles. The zero-order chi connectivity index (χ0) is 9.80. The van der Waals surface area contributed by atoms with Crippen LogP contribution in [-0.4, -0.2) is 23.9 Å². The first kappa shape index (κ1) is 9.80. The summed E-state index contributed by atoms with van der Waals surface area (Å²) in [5, 5.41) is 6.37. The normalized spacial score (nSPS) is 22.1. The van der Waals surface area contributed by atoms with Crippen LogP contribution < -0.4 is 5.32 Å². The van der Waals surface area contributed by atoms with Crippen molar-refractivity contribution in [3.8, 4) is 0 Å². The first-order valence-electron chi connectivity index (χ1n) is 5.01. The lowest BCUT2D eigenvalue weighted by molar-refractivity contribution is 0.111. The van der Waals surface area contributed by atoms with Crippen LogP contribution in [-0.2, 0) is 6.42 Å². The molecule has 14 heavy (non-hydrogen) atoms. The van der Waals surface area contributed by atoms with E-state index in [4.69, 9.17) is 0 Å². The number of piperidine rings is 1. The maximum atomic E-state index is 10.4. The van der Waals surface area contributed by atoms with Gasteiger partial charge in [-0.25, -0.2) is 4.98 Å². The van der Waals surface area contributed by atoms with Crippen molar-refractivity contribution in [2.75, 3.05) is 6.54 Å². The molecule has 1 aromatic rings. The van der Waals surface area contributed by atoms with Crippen molar-refractivity contribution < 1.29 is 4.79 Å². The van der Waals surface area contributed by atoms with E-state index in [1.165, 1.54) is 19.3 Å². The van der Waals surface area contributed by atoms with Gasteiger partial charge in [0.25, 0.3) is 0 Å². The largest absolute Gasteiger partial charge is 0.314 e. The third-order valence-corrected chi connectivity index (χ3v) is 3.41. The monoisotopic (exact) mass is 210 g/mol. The molecule has 0 saturated carbocycles. The molecule has 0 aromatic carbocycles. The van der Waals surface area contributed by atoms with Gasteiger partial charge in [0.05, 0.1) is 5.01 Å². The van der Waals surface area contributed by atoms with Gasteiger partial charge in [-0.3, -0.25) is 4.79 Å². The third-order valence-electron chi connectivity index (χ3n) is 2.52. The van der Waals surface area contributed by atoms with Gasteiger partial charge in [-0.2, -0.15) is 0 Å². The zero-order valence-corrected chi connectivity index (χ0v) is 8.85. The lowest BCUT2D eigenvalue weighted by atomic mass is 10.0. The molecule has 2 heterocycles. The first-order valence-corrected chi connectivity index (χ1v) is 5.89. The predicted octanol–water partition coefficient (Wildman–Crippen LogP) is 1.64. The molecular weight excluding hydrogens is 196 g/mol. The molecule has 1 aliphatic heterocycles. The number of hydrogen-bond donors (Lipinski definition) is 1. The van der Waals surface area contributed by atoms with Crippen LogP contribution in [0, 0.1) is 0 Å². The Balaban J connectivity index is 1.92. The molecule has 0 bridgehead atoms. The minimum atomic E-state index is 0.564. The van der Waals surface area contributed by atoms with E-state index in [0.29, 0.717) is 11.7 Å². The average molecular weight is 210 g/mol. The topological polar surface area (TPSA) is 42.0 Å². The van der Waals surface area contributed by atoms with E-state index in [0.717, 1.165) is 24.3 Å².